The normalized spacial score (nSPS) is 14.2. The van der Waals surface area contributed by atoms with Gasteiger partial charge in [0.1, 0.15) is 17.1 Å². The zero-order valence-corrected chi connectivity index (χ0v) is 12.2. The van der Waals surface area contributed by atoms with Crippen molar-refractivity contribution in [1.82, 2.24) is 0 Å². The SMILES string of the molecule is Cc1oc(CN2CCN(C)c3ccccc32)cc1C(=O)O. The van der Waals surface area contributed by atoms with Gasteiger partial charge in [-0.15, -0.1) is 0 Å². The Morgan fingerprint density at radius 2 is 2.00 bits per heavy atom. The first kappa shape index (κ1) is 13.5. The Morgan fingerprint density at radius 1 is 1.29 bits per heavy atom. The van der Waals surface area contributed by atoms with Crippen LogP contribution in [0.3, 0.4) is 0 Å². The van der Waals surface area contributed by atoms with Crippen LogP contribution in [0.1, 0.15) is 21.9 Å². The maximum Gasteiger partial charge on any atom is 0.339 e. The molecule has 0 saturated heterocycles. The highest BCUT2D eigenvalue weighted by atomic mass is 16.4. The first-order valence-corrected chi connectivity index (χ1v) is 6.94. The number of hydrogen-bond donors (Lipinski definition) is 1. The molecule has 0 unspecified atom stereocenters. The second-order valence-electron chi connectivity index (χ2n) is 5.32. The average molecular weight is 286 g/mol. The van der Waals surface area contributed by atoms with E-state index in [0.29, 0.717) is 18.1 Å². The predicted molar refractivity (Wildman–Crippen MR) is 81.2 cm³/mol. The molecule has 1 N–H and O–H groups in total. The number of fused-ring (bicyclic) bond motifs is 1. The van der Waals surface area contributed by atoms with Crippen LogP contribution >= 0.6 is 0 Å². The molecule has 1 aromatic heterocycles. The van der Waals surface area contributed by atoms with Crippen LogP contribution in [0.15, 0.2) is 34.7 Å². The maximum absolute atomic E-state index is 11.1. The number of benzene rings is 1. The van der Waals surface area contributed by atoms with Crippen molar-refractivity contribution in [2.45, 2.75) is 13.5 Å². The average Bonchev–Trinajstić information content (AvgIpc) is 2.83. The number of carbonyl (C=O) groups is 1. The number of aryl methyl sites for hydroxylation is 1. The molecule has 0 amide bonds. The summed E-state index contributed by atoms with van der Waals surface area (Å²) < 4.78 is 5.58. The largest absolute Gasteiger partial charge is 0.478 e. The number of rotatable bonds is 3. The summed E-state index contributed by atoms with van der Waals surface area (Å²) in [5, 5.41) is 9.10. The molecule has 5 heteroatoms. The van der Waals surface area contributed by atoms with E-state index in [9.17, 15) is 4.79 Å². The summed E-state index contributed by atoms with van der Waals surface area (Å²) in [5.74, 6) is 0.199. The van der Waals surface area contributed by atoms with Gasteiger partial charge in [0.05, 0.1) is 17.9 Å². The summed E-state index contributed by atoms with van der Waals surface area (Å²) in [4.78, 5) is 15.5. The van der Waals surface area contributed by atoms with Crippen molar-refractivity contribution in [3.8, 4) is 0 Å². The Kier molecular flexibility index (Phi) is 3.33. The van der Waals surface area contributed by atoms with Crippen LogP contribution in [0, 0.1) is 6.92 Å². The molecule has 21 heavy (non-hydrogen) atoms. The Labute approximate surface area is 123 Å². The molecule has 1 aromatic carbocycles. The summed E-state index contributed by atoms with van der Waals surface area (Å²) in [6.45, 7) is 4.09. The van der Waals surface area contributed by atoms with Crippen molar-refractivity contribution in [2.24, 2.45) is 0 Å². The molecule has 3 rings (SSSR count). The van der Waals surface area contributed by atoms with E-state index >= 15 is 0 Å². The van der Waals surface area contributed by atoms with Crippen LogP contribution in [0.4, 0.5) is 11.4 Å². The van der Waals surface area contributed by atoms with Gasteiger partial charge in [-0.1, -0.05) is 12.1 Å². The van der Waals surface area contributed by atoms with Crippen molar-refractivity contribution in [3.05, 3.63) is 47.4 Å². The number of carboxylic acid groups (broad SMARTS) is 1. The van der Waals surface area contributed by atoms with Gasteiger partial charge >= 0.3 is 5.97 Å². The molecule has 2 heterocycles. The van der Waals surface area contributed by atoms with E-state index in [2.05, 4.69) is 29.0 Å². The Hall–Kier alpha value is -2.43. The Morgan fingerprint density at radius 3 is 2.67 bits per heavy atom. The fourth-order valence-electron chi connectivity index (χ4n) is 2.75. The number of hydrogen-bond acceptors (Lipinski definition) is 4. The molecule has 5 nitrogen and oxygen atoms in total. The van der Waals surface area contributed by atoms with Gasteiger partial charge in [-0.3, -0.25) is 0 Å². The third-order valence-corrected chi connectivity index (χ3v) is 3.88. The first-order valence-electron chi connectivity index (χ1n) is 6.94. The summed E-state index contributed by atoms with van der Waals surface area (Å²) in [6.07, 6.45) is 0. The van der Waals surface area contributed by atoms with Crippen LogP contribution in [-0.4, -0.2) is 31.2 Å². The topological polar surface area (TPSA) is 56.9 Å². The third kappa shape index (κ3) is 2.46. The molecule has 0 atom stereocenters. The number of carboxylic acids is 1. The predicted octanol–water partition coefficient (Wildman–Crippen LogP) is 2.74. The molecule has 0 bridgehead atoms. The number of para-hydroxylation sites is 2. The van der Waals surface area contributed by atoms with Gasteiger partial charge in [-0.05, 0) is 25.1 Å². The zero-order valence-electron chi connectivity index (χ0n) is 12.2. The standard InChI is InChI=1S/C16H18N2O3/c1-11-13(16(19)20)9-12(21-11)10-18-8-7-17(2)14-5-3-4-6-15(14)18/h3-6,9H,7-8,10H2,1-2H3,(H,19,20). The van der Waals surface area contributed by atoms with Crippen molar-refractivity contribution < 1.29 is 14.3 Å². The number of anilines is 2. The molecule has 2 aromatic rings. The van der Waals surface area contributed by atoms with Gasteiger partial charge in [0, 0.05) is 20.1 Å². The van der Waals surface area contributed by atoms with Crippen LogP contribution < -0.4 is 9.80 Å². The molecule has 0 radical (unpaired) electrons. The minimum absolute atomic E-state index is 0.243. The van der Waals surface area contributed by atoms with Crippen molar-refractivity contribution in [2.75, 3.05) is 29.9 Å². The lowest BCUT2D eigenvalue weighted by atomic mass is 10.1. The molecule has 0 spiro atoms. The fraction of sp³-hybridized carbons (Fsp3) is 0.312. The number of aromatic carboxylic acids is 1. The molecular weight excluding hydrogens is 268 g/mol. The minimum atomic E-state index is -0.943. The van der Waals surface area contributed by atoms with E-state index in [1.54, 1.807) is 13.0 Å². The lowest BCUT2D eigenvalue weighted by Crippen LogP contribution is -2.38. The van der Waals surface area contributed by atoms with E-state index < -0.39 is 5.97 Å². The molecular formula is C16H18N2O3. The Balaban J connectivity index is 1.88. The zero-order chi connectivity index (χ0) is 15.0. The van der Waals surface area contributed by atoms with Crippen LogP contribution in [-0.2, 0) is 6.54 Å². The number of likely N-dealkylation sites (N-methyl/N-ethyl adjacent to an activating group) is 1. The lowest BCUT2D eigenvalue weighted by Gasteiger charge is -2.36. The molecule has 110 valence electrons. The van der Waals surface area contributed by atoms with Gasteiger partial charge < -0.3 is 19.3 Å². The highest BCUT2D eigenvalue weighted by molar-refractivity contribution is 5.88. The smallest absolute Gasteiger partial charge is 0.339 e. The van der Waals surface area contributed by atoms with Crippen molar-refractivity contribution in [3.63, 3.8) is 0 Å². The highest BCUT2D eigenvalue weighted by Crippen LogP contribution is 2.33. The van der Waals surface area contributed by atoms with Crippen LogP contribution in [0.5, 0.6) is 0 Å². The molecule has 1 aliphatic heterocycles. The van der Waals surface area contributed by atoms with Gasteiger partial charge in [-0.2, -0.15) is 0 Å². The van der Waals surface area contributed by atoms with Gasteiger partial charge in [0.2, 0.25) is 0 Å². The van der Waals surface area contributed by atoms with Crippen LogP contribution in [0.25, 0.3) is 0 Å². The summed E-state index contributed by atoms with van der Waals surface area (Å²) in [5.41, 5.74) is 2.58. The Bertz CT molecular complexity index is 678. The van der Waals surface area contributed by atoms with E-state index in [1.165, 1.54) is 5.69 Å². The highest BCUT2D eigenvalue weighted by Gasteiger charge is 2.22. The number of furan rings is 1. The minimum Gasteiger partial charge on any atom is -0.478 e. The van der Waals surface area contributed by atoms with E-state index in [1.807, 2.05) is 12.1 Å². The van der Waals surface area contributed by atoms with E-state index in [0.717, 1.165) is 18.8 Å². The molecule has 1 aliphatic rings. The van der Waals surface area contributed by atoms with Gasteiger partial charge in [0.25, 0.3) is 0 Å². The molecule has 0 saturated carbocycles. The second-order valence-corrected chi connectivity index (χ2v) is 5.32. The molecule has 0 fully saturated rings. The maximum atomic E-state index is 11.1. The second kappa shape index (κ2) is 5.16. The molecule has 0 aliphatic carbocycles. The van der Waals surface area contributed by atoms with Crippen molar-refractivity contribution in [1.29, 1.82) is 0 Å². The number of nitrogens with zero attached hydrogens (tertiary/aromatic N) is 2. The fourth-order valence-corrected chi connectivity index (χ4v) is 2.75. The third-order valence-electron chi connectivity index (χ3n) is 3.88. The first-order chi connectivity index (χ1) is 10.1. The van der Waals surface area contributed by atoms with E-state index in [-0.39, 0.29) is 5.56 Å². The summed E-state index contributed by atoms with van der Waals surface area (Å²) in [7, 11) is 2.08. The van der Waals surface area contributed by atoms with E-state index in [4.69, 9.17) is 9.52 Å². The summed E-state index contributed by atoms with van der Waals surface area (Å²) >= 11 is 0. The van der Waals surface area contributed by atoms with Gasteiger partial charge in [-0.25, -0.2) is 4.79 Å². The van der Waals surface area contributed by atoms with Crippen molar-refractivity contribution >= 4 is 17.3 Å². The quantitative estimate of drug-likeness (QED) is 0.940. The monoisotopic (exact) mass is 286 g/mol. The summed E-state index contributed by atoms with van der Waals surface area (Å²) in [6, 6.07) is 9.84. The van der Waals surface area contributed by atoms with Crippen LogP contribution in [0.2, 0.25) is 0 Å². The van der Waals surface area contributed by atoms with Gasteiger partial charge in [0.15, 0.2) is 0 Å². The lowest BCUT2D eigenvalue weighted by molar-refractivity contribution is 0.0695.